The fraction of sp³-hybridized carbons (Fsp3) is 0.308. The van der Waals surface area contributed by atoms with Crippen LogP contribution in [0.4, 0.5) is 5.88 Å². The summed E-state index contributed by atoms with van der Waals surface area (Å²) >= 11 is 1.69. The minimum atomic E-state index is -0.113. The number of aromatic nitrogens is 2. The maximum absolute atomic E-state index is 13.6. The maximum Gasteiger partial charge on any atom is 0.266 e. The Bertz CT molecular complexity index is 1390. The summed E-state index contributed by atoms with van der Waals surface area (Å²) in [5.41, 5.74) is 1.22. The lowest BCUT2D eigenvalue weighted by Gasteiger charge is -2.38. The molecule has 0 bridgehead atoms. The molecule has 0 radical (unpaired) electrons. The molecule has 3 aromatic heterocycles. The number of para-hydroxylation sites is 1. The van der Waals surface area contributed by atoms with Gasteiger partial charge in [-0.15, -0.1) is 11.3 Å². The Labute approximate surface area is 206 Å². The zero-order chi connectivity index (χ0) is 23.8. The summed E-state index contributed by atoms with van der Waals surface area (Å²) in [6.07, 6.45) is 7.38. The van der Waals surface area contributed by atoms with Crippen molar-refractivity contribution in [3.8, 4) is 17.7 Å². The van der Waals surface area contributed by atoms with Crippen molar-refractivity contribution >= 4 is 33.3 Å². The molecule has 1 fully saturated rings. The van der Waals surface area contributed by atoms with Gasteiger partial charge < -0.3 is 18.6 Å². The average molecular weight is 486 g/mol. The highest BCUT2D eigenvalue weighted by molar-refractivity contribution is 7.18. The van der Waals surface area contributed by atoms with Gasteiger partial charge in [-0.1, -0.05) is 24.3 Å². The van der Waals surface area contributed by atoms with Gasteiger partial charge >= 0.3 is 0 Å². The van der Waals surface area contributed by atoms with Gasteiger partial charge in [0.1, 0.15) is 6.07 Å². The fourth-order valence-corrected chi connectivity index (χ4v) is 6.02. The third kappa shape index (κ3) is 4.00. The van der Waals surface area contributed by atoms with Crippen LogP contribution >= 0.6 is 11.3 Å². The molecular weight excluding hydrogens is 462 g/mol. The topological polar surface area (TPSA) is 99.4 Å². The van der Waals surface area contributed by atoms with Crippen molar-refractivity contribution in [3.05, 3.63) is 65.5 Å². The van der Waals surface area contributed by atoms with E-state index in [2.05, 4.69) is 29.3 Å². The molecule has 9 heteroatoms. The van der Waals surface area contributed by atoms with Crippen molar-refractivity contribution in [2.45, 2.75) is 18.8 Å². The lowest BCUT2D eigenvalue weighted by molar-refractivity contribution is -0.136. The maximum atomic E-state index is 13.6. The highest BCUT2D eigenvalue weighted by atomic mass is 32.1. The largest absolute Gasteiger partial charge is 0.459 e. The Balaban J connectivity index is 1.17. The van der Waals surface area contributed by atoms with Crippen molar-refractivity contribution in [1.29, 1.82) is 5.26 Å². The number of nitriles is 1. The predicted octanol–water partition coefficient (Wildman–Crippen LogP) is 4.81. The standard InChI is InChI=1S/C26H23N5O3S/c27-16-20-26(34-23(28-20)21-9-5-15-33-21)31-13-11-30(12-14-31)25(32)18-7-2-1-6-17(18)24-29-19-8-3-4-10-22(19)35-24/h1-5,8-10,15,17-18H,6-7,11-14H2. The molecule has 1 aliphatic carbocycles. The second kappa shape index (κ2) is 9.04. The Morgan fingerprint density at radius 2 is 1.89 bits per heavy atom. The van der Waals surface area contributed by atoms with Gasteiger partial charge in [0.25, 0.3) is 5.89 Å². The van der Waals surface area contributed by atoms with Gasteiger partial charge in [0.15, 0.2) is 5.76 Å². The van der Waals surface area contributed by atoms with Crippen molar-refractivity contribution in [3.63, 3.8) is 0 Å². The van der Waals surface area contributed by atoms with E-state index in [9.17, 15) is 10.1 Å². The van der Waals surface area contributed by atoms with Crippen LogP contribution in [0.15, 0.2) is 63.6 Å². The molecule has 2 unspecified atom stereocenters. The van der Waals surface area contributed by atoms with Crippen LogP contribution in [0.25, 0.3) is 21.9 Å². The number of furan rings is 1. The molecule has 2 aliphatic rings. The lowest BCUT2D eigenvalue weighted by atomic mass is 9.82. The first kappa shape index (κ1) is 21.6. The second-order valence-corrected chi connectivity index (χ2v) is 9.81. The van der Waals surface area contributed by atoms with E-state index in [4.69, 9.17) is 13.8 Å². The first-order chi connectivity index (χ1) is 17.2. The number of carbonyl (C=O) groups is 1. The summed E-state index contributed by atoms with van der Waals surface area (Å²) in [4.78, 5) is 26.7. The van der Waals surface area contributed by atoms with Gasteiger partial charge in [0.05, 0.1) is 27.4 Å². The molecule has 4 aromatic rings. The summed E-state index contributed by atoms with van der Waals surface area (Å²) in [7, 11) is 0. The van der Waals surface area contributed by atoms with E-state index in [0.29, 0.717) is 37.8 Å². The fourth-order valence-electron chi connectivity index (χ4n) is 4.88. The minimum absolute atomic E-state index is 0.0956. The Hall–Kier alpha value is -3.90. The molecule has 1 aromatic carbocycles. The number of thiazole rings is 1. The number of carbonyl (C=O) groups excluding carboxylic acids is 1. The molecule has 0 N–H and O–H groups in total. The van der Waals surface area contributed by atoms with Crippen molar-refractivity contribution < 1.29 is 13.6 Å². The summed E-state index contributed by atoms with van der Waals surface area (Å²) in [5, 5.41) is 10.6. The average Bonchev–Trinajstić information content (AvgIpc) is 3.67. The SMILES string of the molecule is N#Cc1nc(-c2ccco2)oc1N1CCN(C(=O)C2CC=CCC2c2nc3ccccc3s2)CC1. The zero-order valence-corrected chi connectivity index (χ0v) is 19.8. The number of allylic oxidation sites excluding steroid dienone is 2. The minimum Gasteiger partial charge on any atom is -0.459 e. The second-order valence-electron chi connectivity index (χ2n) is 8.75. The van der Waals surface area contributed by atoms with E-state index in [0.717, 1.165) is 28.1 Å². The first-order valence-corrected chi connectivity index (χ1v) is 12.5. The summed E-state index contributed by atoms with van der Waals surface area (Å²) in [6.45, 7) is 2.27. The number of piperazine rings is 1. The molecule has 8 nitrogen and oxygen atoms in total. The van der Waals surface area contributed by atoms with Crippen molar-refractivity contribution in [1.82, 2.24) is 14.9 Å². The van der Waals surface area contributed by atoms with E-state index in [1.165, 1.54) is 6.26 Å². The number of hydrogen-bond acceptors (Lipinski definition) is 8. The molecule has 2 atom stereocenters. The number of hydrogen-bond donors (Lipinski definition) is 0. The molecule has 0 saturated carbocycles. The van der Waals surface area contributed by atoms with Crippen LogP contribution in [0.2, 0.25) is 0 Å². The van der Waals surface area contributed by atoms with Crippen LogP contribution < -0.4 is 4.90 Å². The van der Waals surface area contributed by atoms with Gasteiger partial charge in [-0.25, -0.2) is 4.98 Å². The van der Waals surface area contributed by atoms with Gasteiger partial charge in [-0.2, -0.15) is 10.2 Å². The molecule has 1 amide bonds. The quantitative estimate of drug-likeness (QED) is 0.382. The Kier molecular flexibility index (Phi) is 5.58. The van der Waals surface area contributed by atoms with E-state index in [-0.39, 0.29) is 29.3 Å². The third-order valence-corrected chi connectivity index (χ3v) is 7.87. The van der Waals surface area contributed by atoms with Gasteiger partial charge in [-0.3, -0.25) is 4.79 Å². The molecule has 35 heavy (non-hydrogen) atoms. The first-order valence-electron chi connectivity index (χ1n) is 11.7. The summed E-state index contributed by atoms with van der Waals surface area (Å²) < 4.78 is 12.4. The normalized spacial score (nSPS) is 20.3. The number of benzene rings is 1. The van der Waals surface area contributed by atoms with Crippen LogP contribution in [0.1, 0.15) is 29.5 Å². The summed E-state index contributed by atoms with van der Waals surface area (Å²) in [6, 6.07) is 13.7. The molecule has 176 valence electrons. The molecular formula is C26H23N5O3S. The van der Waals surface area contributed by atoms with Crippen LogP contribution in [-0.2, 0) is 4.79 Å². The monoisotopic (exact) mass is 485 g/mol. The number of rotatable bonds is 4. The van der Waals surface area contributed by atoms with E-state index in [1.807, 2.05) is 28.0 Å². The van der Waals surface area contributed by atoms with Gasteiger partial charge in [0, 0.05) is 32.1 Å². The van der Waals surface area contributed by atoms with E-state index in [1.54, 1.807) is 23.5 Å². The highest BCUT2D eigenvalue weighted by Crippen LogP contribution is 2.39. The molecule has 0 spiro atoms. The van der Waals surface area contributed by atoms with Crippen LogP contribution in [-0.4, -0.2) is 47.0 Å². The van der Waals surface area contributed by atoms with Crippen molar-refractivity contribution in [2.24, 2.45) is 5.92 Å². The third-order valence-electron chi connectivity index (χ3n) is 6.70. The molecule has 4 heterocycles. The number of anilines is 1. The Morgan fingerprint density at radius 3 is 2.66 bits per heavy atom. The molecule has 6 rings (SSSR count). The van der Waals surface area contributed by atoms with E-state index < -0.39 is 0 Å². The Morgan fingerprint density at radius 1 is 1.06 bits per heavy atom. The molecule has 1 saturated heterocycles. The predicted molar refractivity (Wildman–Crippen MR) is 132 cm³/mol. The number of oxazole rings is 1. The van der Waals surface area contributed by atoms with Crippen LogP contribution in [0, 0.1) is 17.2 Å². The zero-order valence-electron chi connectivity index (χ0n) is 19.0. The van der Waals surface area contributed by atoms with Crippen molar-refractivity contribution in [2.75, 3.05) is 31.1 Å². The number of fused-ring (bicyclic) bond motifs is 1. The van der Waals surface area contributed by atoms with Gasteiger partial charge in [0.2, 0.25) is 17.5 Å². The summed E-state index contributed by atoms with van der Waals surface area (Å²) in [5.74, 6) is 1.35. The smallest absolute Gasteiger partial charge is 0.266 e. The lowest BCUT2D eigenvalue weighted by Crippen LogP contribution is -2.51. The van der Waals surface area contributed by atoms with Gasteiger partial charge in [-0.05, 0) is 37.1 Å². The number of amides is 1. The molecule has 1 aliphatic heterocycles. The van der Waals surface area contributed by atoms with Crippen LogP contribution in [0.5, 0.6) is 0 Å². The van der Waals surface area contributed by atoms with E-state index >= 15 is 0 Å². The van der Waals surface area contributed by atoms with Crippen LogP contribution in [0.3, 0.4) is 0 Å². The number of nitrogens with zero attached hydrogens (tertiary/aromatic N) is 5. The highest BCUT2D eigenvalue weighted by Gasteiger charge is 2.36.